The smallest absolute Gasteiger partial charge is 0.212 e. The number of hydrogen-bond donors (Lipinski definition) is 1. The van der Waals surface area contributed by atoms with Crippen LogP contribution in [0.1, 0.15) is 11.1 Å². The van der Waals surface area contributed by atoms with Crippen molar-refractivity contribution in [2.75, 3.05) is 21.2 Å². The molecule has 1 aromatic carbocycles. The maximum absolute atomic E-state index is 5.06. The lowest BCUT2D eigenvalue weighted by atomic mass is 10.2. The molecule has 0 spiro atoms. The minimum Gasteiger partial charge on any atom is -0.481 e. The van der Waals surface area contributed by atoms with Gasteiger partial charge in [0.15, 0.2) is 5.96 Å². The van der Waals surface area contributed by atoms with Crippen molar-refractivity contribution in [3.63, 3.8) is 0 Å². The molecule has 5 nitrogen and oxygen atoms in total. The molecule has 0 aliphatic heterocycles. The summed E-state index contributed by atoms with van der Waals surface area (Å²) in [6.07, 6.45) is 1.80. The third-order valence-corrected chi connectivity index (χ3v) is 3.29. The van der Waals surface area contributed by atoms with Crippen LogP contribution in [0.5, 0.6) is 5.88 Å². The van der Waals surface area contributed by atoms with Gasteiger partial charge in [-0.25, -0.2) is 4.98 Å². The Labute approximate surface area is 131 Å². The van der Waals surface area contributed by atoms with Gasteiger partial charge in [-0.3, -0.25) is 4.99 Å². The summed E-state index contributed by atoms with van der Waals surface area (Å²) in [5, 5.41) is 3.34. The fraction of sp³-hybridized carbons (Fsp3) is 0.294. The molecule has 0 fully saturated rings. The molecule has 0 atom stereocenters. The molecule has 0 aliphatic carbocycles. The fourth-order valence-electron chi connectivity index (χ4n) is 2.13. The van der Waals surface area contributed by atoms with E-state index in [4.69, 9.17) is 4.74 Å². The molecule has 116 valence electrons. The van der Waals surface area contributed by atoms with Gasteiger partial charge in [0.05, 0.1) is 7.11 Å². The Bertz CT molecular complexity index is 596. The first-order valence-electron chi connectivity index (χ1n) is 7.17. The lowest BCUT2D eigenvalue weighted by Crippen LogP contribution is -2.38. The van der Waals surface area contributed by atoms with Crippen LogP contribution in [0.4, 0.5) is 0 Å². The number of guanidine groups is 1. The second-order valence-corrected chi connectivity index (χ2v) is 4.95. The van der Waals surface area contributed by atoms with Crippen LogP contribution in [0.15, 0.2) is 53.7 Å². The second kappa shape index (κ2) is 8.02. The number of methoxy groups -OCH3 is 1. The molecular weight excluding hydrogens is 276 g/mol. The van der Waals surface area contributed by atoms with Crippen molar-refractivity contribution in [3.8, 4) is 5.88 Å². The van der Waals surface area contributed by atoms with Crippen molar-refractivity contribution in [2.45, 2.75) is 13.1 Å². The van der Waals surface area contributed by atoms with Crippen LogP contribution < -0.4 is 10.1 Å². The van der Waals surface area contributed by atoms with Crippen LogP contribution in [0.2, 0.25) is 0 Å². The molecular formula is C17H22N4O. The van der Waals surface area contributed by atoms with Crippen LogP contribution in [0, 0.1) is 0 Å². The highest BCUT2D eigenvalue weighted by molar-refractivity contribution is 5.79. The van der Waals surface area contributed by atoms with E-state index >= 15 is 0 Å². The summed E-state index contributed by atoms with van der Waals surface area (Å²) in [7, 11) is 5.42. The molecule has 0 amide bonds. The van der Waals surface area contributed by atoms with Gasteiger partial charge in [0.25, 0.3) is 0 Å². The van der Waals surface area contributed by atoms with Crippen molar-refractivity contribution < 1.29 is 4.74 Å². The summed E-state index contributed by atoms with van der Waals surface area (Å²) in [6.45, 7) is 1.48. The van der Waals surface area contributed by atoms with Crippen molar-refractivity contribution in [3.05, 3.63) is 59.8 Å². The first-order chi connectivity index (χ1) is 10.7. The predicted molar refractivity (Wildman–Crippen MR) is 88.9 cm³/mol. The van der Waals surface area contributed by atoms with Gasteiger partial charge < -0.3 is 15.0 Å². The van der Waals surface area contributed by atoms with Crippen LogP contribution in [0.25, 0.3) is 0 Å². The molecule has 0 saturated carbocycles. The van der Waals surface area contributed by atoms with Gasteiger partial charge in [-0.2, -0.15) is 0 Å². The largest absolute Gasteiger partial charge is 0.481 e. The Hall–Kier alpha value is -2.56. The van der Waals surface area contributed by atoms with E-state index in [1.54, 1.807) is 20.4 Å². The summed E-state index contributed by atoms with van der Waals surface area (Å²) < 4.78 is 5.06. The monoisotopic (exact) mass is 298 g/mol. The summed E-state index contributed by atoms with van der Waals surface area (Å²) >= 11 is 0. The molecule has 2 rings (SSSR count). The highest BCUT2D eigenvalue weighted by Gasteiger charge is 2.06. The number of nitrogens with zero attached hydrogens (tertiary/aromatic N) is 3. The second-order valence-electron chi connectivity index (χ2n) is 4.95. The topological polar surface area (TPSA) is 49.8 Å². The number of pyridine rings is 1. The molecule has 22 heavy (non-hydrogen) atoms. The zero-order valence-corrected chi connectivity index (χ0v) is 13.3. The van der Waals surface area contributed by atoms with Gasteiger partial charge in [0.2, 0.25) is 5.88 Å². The minimum absolute atomic E-state index is 0.620. The summed E-state index contributed by atoms with van der Waals surface area (Å²) in [6, 6.07) is 14.2. The first kappa shape index (κ1) is 15.8. The molecule has 1 N–H and O–H groups in total. The average Bonchev–Trinajstić information content (AvgIpc) is 2.57. The number of nitrogens with one attached hydrogen (secondary N) is 1. The Morgan fingerprint density at radius 1 is 1.18 bits per heavy atom. The SMILES string of the molecule is CN=C(NCc1ccc(OC)nc1)N(C)Cc1ccccc1. The lowest BCUT2D eigenvalue weighted by molar-refractivity contribution is 0.397. The lowest BCUT2D eigenvalue weighted by Gasteiger charge is -2.22. The van der Waals surface area contributed by atoms with Gasteiger partial charge in [0, 0.05) is 39.4 Å². The van der Waals surface area contributed by atoms with E-state index in [9.17, 15) is 0 Å². The molecule has 0 aliphatic rings. The number of ether oxygens (including phenoxy) is 1. The Kier molecular flexibility index (Phi) is 5.77. The van der Waals surface area contributed by atoms with Crippen LogP contribution in [-0.4, -0.2) is 37.0 Å². The Morgan fingerprint density at radius 2 is 1.95 bits per heavy atom. The maximum atomic E-state index is 5.06. The van der Waals surface area contributed by atoms with Gasteiger partial charge in [-0.05, 0) is 11.1 Å². The Balaban J connectivity index is 1.91. The Morgan fingerprint density at radius 3 is 2.55 bits per heavy atom. The third kappa shape index (κ3) is 4.48. The molecule has 0 unspecified atom stereocenters. The number of rotatable bonds is 5. The number of aromatic nitrogens is 1. The van der Waals surface area contributed by atoms with Crippen LogP contribution >= 0.6 is 0 Å². The zero-order valence-electron chi connectivity index (χ0n) is 13.3. The van der Waals surface area contributed by atoms with Crippen molar-refractivity contribution in [1.29, 1.82) is 0 Å². The number of aliphatic imine (C=N–C) groups is 1. The van der Waals surface area contributed by atoms with E-state index < -0.39 is 0 Å². The number of hydrogen-bond acceptors (Lipinski definition) is 3. The number of benzene rings is 1. The third-order valence-electron chi connectivity index (χ3n) is 3.29. The normalized spacial score (nSPS) is 11.1. The molecule has 0 saturated heterocycles. The van der Waals surface area contributed by atoms with Crippen molar-refractivity contribution >= 4 is 5.96 Å². The fourth-order valence-corrected chi connectivity index (χ4v) is 2.13. The average molecular weight is 298 g/mol. The summed E-state index contributed by atoms with van der Waals surface area (Å²) in [4.78, 5) is 10.6. The molecule has 1 heterocycles. The zero-order chi connectivity index (χ0) is 15.8. The summed E-state index contributed by atoms with van der Waals surface area (Å²) in [5.41, 5.74) is 2.33. The van der Waals surface area contributed by atoms with Crippen LogP contribution in [0.3, 0.4) is 0 Å². The summed E-state index contributed by atoms with van der Waals surface area (Å²) in [5.74, 6) is 1.47. The standard InChI is InChI=1S/C17H22N4O/c1-18-17(21(2)13-14-7-5-4-6-8-14)20-12-15-9-10-16(22-3)19-11-15/h4-11H,12-13H2,1-3H3,(H,18,20). The van der Waals surface area contributed by atoms with Gasteiger partial charge in [-0.1, -0.05) is 36.4 Å². The maximum Gasteiger partial charge on any atom is 0.212 e. The molecule has 1 aromatic heterocycles. The van der Waals surface area contributed by atoms with Crippen LogP contribution in [-0.2, 0) is 13.1 Å². The van der Waals surface area contributed by atoms with Gasteiger partial charge >= 0.3 is 0 Å². The van der Waals surface area contributed by atoms with E-state index in [-0.39, 0.29) is 0 Å². The van der Waals surface area contributed by atoms with Gasteiger partial charge in [-0.15, -0.1) is 0 Å². The predicted octanol–water partition coefficient (Wildman–Crippen LogP) is 2.30. The molecule has 5 heteroatoms. The highest BCUT2D eigenvalue weighted by Crippen LogP contribution is 2.07. The van der Waals surface area contributed by atoms with E-state index in [1.165, 1.54) is 5.56 Å². The van der Waals surface area contributed by atoms with Crippen molar-refractivity contribution in [2.24, 2.45) is 4.99 Å². The first-order valence-corrected chi connectivity index (χ1v) is 7.17. The quantitative estimate of drug-likeness (QED) is 0.680. The van der Waals surface area contributed by atoms with Crippen molar-refractivity contribution in [1.82, 2.24) is 15.2 Å². The van der Waals surface area contributed by atoms with E-state index in [0.29, 0.717) is 12.4 Å². The van der Waals surface area contributed by atoms with E-state index in [0.717, 1.165) is 18.1 Å². The van der Waals surface area contributed by atoms with E-state index in [2.05, 4.69) is 32.3 Å². The minimum atomic E-state index is 0.620. The molecule has 0 radical (unpaired) electrons. The van der Waals surface area contributed by atoms with E-state index in [1.807, 2.05) is 37.4 Å². The van der Waals surface area contributed by atoms with Gasteiger partial charge in [0.1, 0.15) is 0 Å². The molecule has 0 bridgehead atoms. The molecule has 2 aromatic rings. The highest BCUT2D eigenvalue weighted by atomic mass is 16.5.